The van der Waals surface area contributed by atoms with Crippen molar-refractivity contribution in [2.24, 2.45) is 0 Å². The van der Waals surface area contributed by atoms with Gasteiger partial charge in [0.05, 0.1) is 5.69 Å². The molecule has 2 rings (SSSR count). The summed E-state index contributed by atoms with van der Waals surface area (Å²) < 4.78 is 27.0. The zero-order valence-electron chi connectivity index (χ0n) is 10.6. The molecule has 0 spiro atoms. The molecule has 1 aliphatic rings. The van der Waals surface area contributed by atoms with Crippen LogP contribution in [0.25, 0.3) is 0 Å². The van der Waals surface area contributed by atoms with Crippen molar-refractivity contribution < 1.29 is 8.42 Å². The molecule has 0 aromatic carbocycles. The van der Waals surface area contributed by atoms with Gasteiger partial charge in [0.1, 0.15) is 0 Å². The molecular formula is C10H16ClN3O2S2. The van der Waals surface area contributed by atoms with Crippen LogP contribution in [0.4, 0.5) is 0 Å². The van der Waals surface area contributed by atoms with E-state index in [-0.39, 0.29) is 14.7 Å². The second-order valence-electron chi connectivity index (χ2n) is 4.61. The number of hydrogen-bond acceptors (Lipinski definition) is 5. The molecule has 0 aliphatic carbocycles. The molecular weight excluding hydrogens is 294 g/mol. The van der Waals surface area contributed by atoms with Gasteiger partial charge in [-0.05, 0) is 27.4 Å². The fourth-order valence-electron chi connectivity index (χ4n) is 2.06. The maximum Gasteiger partial charge on any atom is 0.254 e. The molecule has 8 heteroatoms. The highest BCUT2D eigenvalue weighted by Crippen LogP contribution is 2.31. The number of aromatic nitrogens is 1. The Kier molecular flexibility index (Phi) is 3.99. The second-order valence-corrected chi connectivity index (χ2v) is 8.32. The Balaban J connectivity index is 2.26. The Morgan fingerprint density at radius 2 is 2.17 bits per heavy atom. The molecule has 0 radical (unpaired) electrons. The number of thiazole rings is 1. The minimum Gasteiger partial charge on any atom is -0.305 e. The molecule has 2 heterocycles. The van der Waals surface area contributed by atoms with Crippen molar-refractivity contribution in [1.29, 1.82) is 0 Å². The minimum absolute atomic E-state index is 0.270. The molecule has 1 saturated heterocycles. The number of sulfonamides is 1. The van der Waals surface area contributed by atoms with Crippen LogP contribution in [0.1, 0.15) is 12.1 Å². The number of rotatable bonds is 3. The van der Waals surface area contributed by atoms with E-state index in [2.05, 4.69) is 9.88 Å². The van der Waals surface area contributed by atoms with Gasteiger partial charge in [0.15, 0.2) is 8.68 Å². The van der Waals surface area contributed by atoms with Gasteiger partial charge in [0.2, 0.25) is 0 Å². The Hall–Kier alpha value is -0.210. The first-order valence-electron chi connectivity index (χ1n) is 5.62. The highest BCUT2D eigenvalue weighted by Gasteiger charge is 2.35. The van der Waals surface area contributed by atoms with E-state index in [1.54, 1.807) is 6.92 Å². The lowest BCUT2D eigenvalue weighted by atomic mass is 10.2. The number of hydrogen-bond donors (Lipinski definition) is 0. The van der Waals surface area contributed by atoms with Crippen molar-refractivity contribution in [1.82, 2.24) is 14.2 Å². The smallest absolute Gasteiger partial charge is 0.254 e. The van der Waals surface area contributed by atoms with Crippen molar-refractivity contribution in [3.05, 3.63) is 10.2 Å². The van der Waals surface area contributed by atoms with Crippen molar-refractivity contribution in [3.8, 4) is 0 Å². The van der Waals surface area contributed by atoms with Crippen molar-refractivity contribution in [2.75, 3.05) is 27.2 Å². The normalized spacial score (nSPS) is 21.9. The summed E-state index contributed by atoms with van der Waals surface area (Å²) in [6.45, 7) is 2.76. The van der Waals surface area contributed by atoms with E-state index in [0.717, 1.165) is 17.8 Å². The van der Waals surface area contributed by atoms with E-state index in [4.69, 9.17) is 11.6 Å². The third-order valence-electron chi connectivity index (χ3n) is 3.16. The summed E-state index contributed by atoms with van der Waals surface area (Å²) in [5.41, 5.74) is 0.485. The Morgan fingerprint density at radius 1 is 1.50 bits per heavy atom. The molecule has 0 N–H and O–H groups in total. The van der Waals surface area contributed by atoms with Gasteiger partial charge in [-0.2, -0.15) is 4.31 Å². The summed E-state index contributed by atoms with van der Waals surface area (Å²) in [5, 5.41) is 0. The zero-order valence-corrected chi connectivity index (χ0v) is 12.9. The maximum absolute atomic E-state index is 12.5. The molecule has 0 saturated carbocycles. The molecule has 1 unspecified atom stereocenters. The fraction of sp³-hybridized carbons (Fsp3) is 0.700. The third-order valence-corrected chi connectivity index (χ3v) is 6.87. The topological polar surface area (TPSA) is 53.5 Å². The molecule has 1 aromatic heterocycles. The first kappa shape index (κ1) is 14.2. The monoisotopic (exact) mass is 309 g/mol. The molecule has 5 nitrogen and oxygen atoms in total. The van der Waals surface area contributed by atoms with Crippen LogP contribution < -0.4 is 0 Å². The summed E-state index contributed by atoms with van der Waals surface area (Å²) >= 11 is 6.80. The summed E-state index contributed by atoms with van der Waals surface area (Å²) in [5.74, 6) is 0. The van der Waals surface area contributed by atoms with Gasteiger partial charge in [-0.1, -0.05) is 22.9 Å². The molecule has 102 valence electrons. The Labute approximate surface area is 116 Å². The van der Waals surface area contributed by atoms with E-state index in [1.807, 2.05) is 14.1 Å². The van der Waals surface area contributed by atoms with Crippen LogP contribution >= 0.6 is 22.9 Å². The average Bonchev–Trinajstić information content (AvgIpc) is 2.85. The lowest BCUT2D eigenvalue weighted by Gasteiger charge is -2.19. The summed E-state index contributed by atoms with van der Waals surface area (Å²) in [7, 11) is 0.499. The van der Waals surface area contributed by atoms with Crippen LogP contribution in [0.3, 0.4) is 0 Å². The largest absolute Gasteiger partial charge is 0.305 e. The molecule has 0 amide bonds. The van der Waals surface area contributed by atoms with Gasteiger partial charge in [-0.3, -0.25) is 0 Å². The van der Waals surface area contributed by atoms with E-state index >= 15 is 0 Å². The number of halogens is 1. The van der Waals surface area contributed by atoms with Crippen molar-refractivity contribution in [2.45, 2.75) is 23.6 Å². The van der Waals surface area contributed by atoms with Gasteiger partial charge < -0.3 is 4.90 Å². The number of nitrogens with zero attached hydrogens (tertiary/aromatic N) is 3. The first-order valence-corrected chi connectivity index (χ1v) is 8.25. The van der Waals surface area contributed by atoms with Gasteiger partial charge in [0.25, 0.3) is 10.0 Å². The zero-order chi connectivity index (χ0) is 13.5. The maximum atomic E-state index is 12.5. The lowest BCUT2D eigenvalue weighted by Crippen LogP contribution is -2.34. The van der Waals surface area contributed by atoms with Crippen LogP contribution in [0.5, 0.6) is 0 Å². The van der Waals surface area contributed by atoms with Gasteiger partial charge in [0, 0.05) is 19.1 Å². The van der Waals surface area contributed by atoms with Crippen LogP contribution in [-0.4, -0.2) is 55.8 Å². The van der Waals surface area contributed by atoms with E-state index < -0.39 is 10.0 Å². The molecule has 18 heavy (non-hydrogen) atoms. The highest BCUT2D eigenvalue weighted by molar-refractivity contribution is 7.91. The van der Waals surface area contributed by atoms with Gasteiger partial charge in [-0.15, -0.1) is 0 Å². The van der Waals surface area contributed by atoms with Crippen molar-refractivity contribution >= 4 is 33.0 Å². The van der Waals surface area contributed by atoms with Gasteiger partial charge >= 0.3 is 0 Å². The van der Waals surface area contributed by atoms with Crippen LogP contribution in [0.2, 0.25) is 4.47 Å². The number of likely N-dealkylation sites (N-methyl/N-ethyl adjacent to an activating group) is 1. The molecule has 0 bridgehead atoms. The van der Waals surface area contributed by atoms with E-state index in [0.29, 0.717) is 18.8 Å². The molecule has 1 atom stereocenters. The van der Waals surface area contributed by atoms with Crippen molar-refractivity contribution in [3.63, 3.8) is 0 Å². The molecule has 1 aliphatic heterocycles. The van der Waals surface area contributed by atoms with Crippen LogP contribution in [0.15, 0.2) is 4.21 Å². The Bertz CT molecular complexity index is 541. The SMILES string of the molecule is Cc1nc(Cl)sc1S(=O)(=O)N1CCC(N(C)C)C1. The summed E-state index contributed by atoms with van der Waals surface area (Å²) in [6, 6.07) is 0.281. The predicted molar refractivity (Wildman–Crippen MR) is 72.7 cm³/mol. The fourth-order valence-corrected chi connectivity index (χ4v) is 5.42. The van der Waals surface area contributed by atoms with E-state index in [9.17, 15) is 8.42 Å². The first-order chi connectivity index (χ1) is 8.32. The standard InChI is InChI=1S/C10H16ClN3O2S2/c1-7-9(17-10(11)12-7)18(15,16)14-5-4-8(6-14)13(2)3/h8H,4-6H2,1-3H3. The van der Waals surface area contributed by atoms with Crippen LogP contribution in [-0.2, 0) is 10.0 Å². The van der Waals surface area contributed by atoms with E-state index in [1.165, 1.54) is 4.31 Å². The summed E-state index contributed by atoms with van der Waals surface area (Å²) in [6.07, 6.45) is 0.859. The quantitative estimate of drug-likeness (QED) is 0.847. The molecule has 1 fully saturated rings. The third kappa shape index (κ3) is 2.55. The second kappa shape index (κ2) is 5.05. The summed E-state index contributed by atoms with van der Waals surface area (Å²) in [4.78, 5) is 6.03. The number of aryl methyl sites for hydroxylation is 1. The lowest BCUT2D eigenvalue weighted by molar-refractivity contribution is 0.302. The van der Waals surface area contributed by atoms with Gasteiger partial charge in [-0.25, -0.2) is 13.4 Å². The predicted octanol–water partition coefficient (Wildman–Crippen LogP) is 1.43. The Morgan fingerprint density at radius 3 is 2.61 bits per heavy atom. The average molecular weight is 310 g/mol. The van der Waals surface area contributed by atoms with Crippen LogP contribution in [0, 0.1) is 6.92 Å². The highest BCUT2D eigenvalue weighted by atomic mass is 35.5. The molecule has 1 aromatic rings. The minimum atomic E-state index is -3.44.